The predicted molar refractivity (Wildman–Crippen MR) is 85.1 cm³/mol. The number of hydrogen-bond donors (Lipinski definition) is 1. The zero-order valence-corrected chi connectivity index (χ0v) is 12.5. The fraction of sp³-hybridized carbons (Fsp3) is 0.222. The number of benzene rings is 2. The van der Waals surface area contributed by atoms with Gasteiger partial charge in [0, 0.05) is 0 Å². The number of aromatic nitrogens is 2. The second kappa shape index (κ2) is 5.93. The Morgan fingerprint density at radius 1 is 1.09 bits per heavy atom. The molecule has 0 spiro atoms. The first kappa shape index (κ1) is 14.1. The van der Waals surface area contributed by atoms with Crippen LogP contribution in [0, 0.1) is 5.82 Å². The molecule has 1 fully saturated rings. The van der Waals surface area contributed by atoms with E-state index in [0.29, 0.717) is 17.3 Å². The summed E-state index contributed by atoms with van der Waals surface area (Å²) in [5.41, 5.74) is 2.48. The molecular formula is C18H16FN3O. The quantitative estimate of drug-likeness (QED) is 0.795. The summed E-state index contributed by atoms with van der Waals surface area (Å²) >= 11 is 0. The fourth-order valence-corrected chi connectivity index (χ4v) is 2.95. The third-order valence-corrected chi connectivity index (χ3v) is 4.11. The Hall–Kier alpha value is -2.53. The Bertz CT molecular complexity index is 810. The molecular weight excluding hydrogens is 293 g/mol. The zero-order chi connectivity index (χ0) is 15.6. The van der Waals surface area contributed by atoms with Gasteiger partial charge in [-0.3, -0.25) is 0 Å². The molecule has 1 unspecified atom stereocenters. The standard InChI is InChI=1S/C18H16FN3O/c19-13-8-9-14(12-5-2-1-3-6-12)15(11-13)18-21-17(22-23-18)16-7-4-10-20-16/h1-3,5-6,8-9,11,16,20H,4,7,10H2. The molecule has 116 valence electrons. The average Bonchev–Trinajstić information content (AvgIpc) is 3.27. The highest BCUT2D eigenvalue weighted by Crippen LogP contribution is 2.32. The minimum atomic E-state index is -0.321. The van der Waals surface area contributed by atoms with Crippen molar-refractivity contribution < 1.29 is 8.91 Å². The molecule has 4 rings (SSSR count). The van der Waals surface area contributed by atoms with Crippen LogP contribution in [0.4, 0.5) is 4.39 Å². The largest absolute Gasteiger partial charge is 0.334 e. The first-order chi connectivity index (χ1) is 11.3. The summed E-state index contributed by atoms with van der Waals surface area (Å²) in [6, 6.07) is 14.6. The van der Waals surface area contributed by atoms with Crippen LogP contribution in [0.5, 0.6) is 0 Å². The van der Waals surface area contributed by atoms with Gasteiger partial charge >= 0.3 is 0 Å². The Kier molecular flexibility index (Phi) is 3.63. The van der Waals surface area contributed by atoms with E-state index in [9.17, 15) is 4.39 Å². The molecule has 3 aromatic rings. The van der Waals surface area contributed by atoms with E-state index in [4.69, 9.17) is 4.52 Å². The van der Waals surface area contributed by atoms with E-state index in [1.165, 1.54) is 12.1 Å². The van der Waals surface area contributed by atoms with E-state index in [0.717, 1.165) is 30.5 Å². The molecule has 0 aliphatic carbocycles. The molecule has 2 aromatic carbocycles. The minimum absolute atomic E-state index is 0.126. The van der Waals surface area contributed by atoms with Crippen LogP contribution in [0.2, 0.25) is 0 Å². The van der Waals surface area contributed by atoms with Crippen LogP contribution in [0.3, 0.4) is 0 Å². The summed E-state index contributed by atoms with van der Waals surface area (Å²) in [6.07, 6.45) is 2.09. The number of rotatable bonds is 3. The van der Waals surface area contributed by atoms with E-state index >= 15 is 0 Å². The number of hydrogen-bond acceptors (Lipinski definition) is 4. The van der Waals surface area contributed by atoms with Crippen molar-refractivity contribution in [3.63, 3.8) is 0 Å². The van der Waals surface area contributed by atoms with Crippen molar-refractivity contribution in [1.29, 1.82) is 0 Å². The van der Waals surface area contributed by atoms with Crippen molar-refractivity contribution in [2.75, 3.05) is 6.54 Å². The predicted octanol–water partition coefficient (Wildman–Crippen LogP) is 3.97. The molecule has 0 saturated carbocycles. The molecule has 1 N–H and O–H groups in total. The van der Waals surface area contributed by atoms with Crippen LogP contribution in [0.15, 0.2) is 53.1 Å². The van der Waals surface area contributed by atoms with E-state index < -0.39 is 0 Å². The average molecular weight is 309 g/mol. The van der Waals surface area contributed by atoms with Crippen LogP contribution >= 0.6 is 0 Å². The summed E-state index contributed by atoms with van der Waals surface area (Å²) in [5, 5.41) is 7.40. The fourth-order valence-electron chi connectivity index (χ4n) is 2.95. The topological polar surface area (TPSA) is 51.0 Å². The molecule has 23 heavy (non-hydrogen) atoms. The zero-order valence-electron chi connectivity index (χ0n) is 12.5. The Balaban J connectivity index is 1.77. The number of nitrogens with zero attached hydrogens (tertiary/aromatic N) is 2. The van der Waals surface area contributed by atoms with Crippen LogP contribution in [0.25, 0.3) is 22.6 Å². The molecule has 0 bridgehead atoms. The van der Waals surface area contributed by atoms with Gasteiger partial charge in [-0.2, -0.15) is 4.98 Å². The lowest BCUT2D eigenvalue weighted by Crippen LogP contribution is -2.14. The first-order valence-corrected chi connectivity index (χ1v) is 7.73. The number of nitrogens with one attached hydrogen (secondary N) is 1. The molecule has 5 heteroatoms. The molecule has 1 aliphatic rings. The first-order valence-electron chi connectivity index (χ1n) is 7.73. The van der Waals surface area contributed by atoms with Crippen molar-refractivity contribution in [3.05, 3.63) is 60.2 Å². The van der Waals surface area contributed by atoms with Gasteiger partial charge in [0.1, 0.15) is 5.82 Å². The van der Waals surface area contributed by atoms with E-state index in [1.807, 2.05) is 30.3 Å². The monoisotopic (exact) mass is 309 g/mol. The summed E-state index contributed by atoms with van der Waals surface area (Å²) in [6.45, 7) is 0.962. The van der Waals surface area contributed by atoms with Crippen LogP contribution in [-0.2, 0) is 0 Å². The maximum Gasteiger partial charge on any atom is 0.258 e. The molecule has 0 amide bonds. The van der Waals surface area contributed by atoms with Gasteiger partial charge in [0.25, 0.3) is 5.89 Å². The lowest BCUT2D eigenvalue weighted by Gasteiger charge is -2.06. The summed E-state index contributed by atoms with van der Waals surface area (Å²) in [7, 11) is 0. The molecule has 1 saturated heterocycles. The third kappa shape index (κ3) is 2.75. The lowest BCUT2D eigenvalue weighted by molar-refractivity contribution is 0.412. The van der Waals surface area contributed by atoms with Crippen molar-refractivity contribution in [1.82, 2.24) is 15.5 Å². The van der Waals surface area contributed by atoms with Crippen LogP contribution < -0.4 is 5.32 Å². The van der Waals surface area contributed by atoms with E-state index in [2.05, 4.69) is 15.5 Å². The van der Waals surface area contributed by atoms with Gasteiger partial charge in [-0.1, -0.05) is 41.6 Å². The SMILES string of the molecule is Fc1ccc(-c2ccccc2)c(-c2nc(C3CCCN3)no2)c1. The minimum Gasteiger partial charge on any atom is -0.334 e. The van der Waals surface area contributed by atoms with Gasteiger partial charge in [-0.15, -0.1) is 0 Å². The Labute approximate surface area is 133 Å². The van der Waals surface area contributed by atoms with Crippen molar-refractivity contribution in [2.24, 2.45) is 0 Å². The molecule has 0 radical (unpaired) electrons. The molecule has 1 aliphatic heterocycles. The second-order valence-corrected chi connectivity index (χ2v) is 5.66. The molecule has 1 aromatic heterocycles. The van der Waals surface area contributed by atoms with Gasteiger partial charge < -0.3 is 9.84 Å². The van der Waals surface area contributed by atoms with Crippen LogP contribution in [-0.4, -0.2) is 16.7 Å². The van der Waals surface area contributed by atoms with Gasteiger partial charge in [0.05, 0.1) is 11.6 Å². The maximum absolute atomic E-state index is 13.8. The summed E-state index contributed by atoms with van der Waals surface area (Å²) < 4.78 is 19.2. The van der Waals surface area contributed by atoms with Crippen molar-refractivity contribution in [3.8, 4) is 22.6 Å². The van der Waals surface area contributed by atoms with Gasteiger partial charge in [0.15, 0.2) is 5.82 Å². The van der Waals surface area contributed by atoms with Crippen molar-refractivity contribution >= 4 is 0 Å². The van der Waals surface area contributed by atoms with Gasteiger partial charge in [0.2, 0.25) is 0 Å². The second-order valence-electron chi connectivity index (χ2n) is 5.66. The number of halogens is 1. The normalized spacial score (nSPS) is 17.5. The van der Waals surface area contributed by atoms with Gasteiger partial charge in [-0.25, -0.2) is 4.39 Å². The highest BCUT2D eigenvalue weighted by Gasteiger charge is 2.23. The van der Waals surface area contributed by atoms with Crippen LogP contribution in [0.1, 0.15) is 24.7 Å². The molecule has 4 nitrogen and oxygen atoms in total. The summed E-state index contributed by atoms with van der Waals surface area (Å²) in [5.74, 6) is 0.672. The molecule has 1 atom stereocenters. The third-order valence-electron chi connectivity index (χ3n) is 4.11. The molecule has 2 heterocycles. The summed E-state index contributed by atoms with van der Waals surface area (Å²) in [4.78, 5) is 4.48. The van der Waals surface area contributed by atoms with Gasteiger partial charge in [-0.05, 0) is 42.6 Å². The smallest absolute Gasteiger partial charge is 0.258 e. The van der Waals surface area contributed by atoms with E-state index in [1.54, 1.807) is 6.07 Å². The Morgan fingerprint density at radius 3 is 2.74 bits per heavy atom. The maximum atomic E-state index is 13.8. The highest BCUT2D eigenvalue weighted by atomic mass is 19.1. The Morgan fingerprint density at radius 2 is 1.96 bits per heavy atom. The highest BCUT2D eigenvalue weighted by molar-refractivity contribution is 5.79. The lowest BCUT2D eigenvalue weighted by atomic mass is 9.99. The van der Waals surface area contributed by atoms with E-state index in [-0.39, 0.29) is 11.9 Å². The van der Waals surface area contributed by atoms with Crippen molar-refractivity contribution in [2.45, 2.75) is 18.9 Å².